The summed E-state index contributed by atoms with van der Waals surface area (Å²) in [5, 5.41) is 8.36. The zero-order valence-corrected chi connectivity index (χ0v) is 16.3. The average molecular weight is 419 g/mol. The molecule has 4 rings (SSSR count). The van der Waals surface area contributed by atoms with E-state index in [4.69, 9.17) is 23.2 Å². The van der Waals surface area contributed by atoms with Crippen LogP contribution in [0.25, 0.3) is 5.69 Å². The summed E-state index contributed by atoms with van der Waals surface area (Å²) in [6.07, 6.45) is 3.28. The summed E-state index contributed by atoms with van der Waals surface area (Å²) in [5.74, 6) is -0.299. The second-order valence-corrected chi connectivity index (χ2v) is 7.43. The van der Waals surface area contributed by atoms with Crippen LogP contribution in [0.5, 0.6) is 0 Å². The lowest BCUT2D eigenvalue weighted by Crippen LogP contribution is -2.42. The Balaban J connectivity index is 1.53. The topological polar surface area (TPSA) is 50.2 Å². The second kappa shape index (κ2) is 7.81. The Hall–Kier alpha value is -2.57. The molecule has 2 heterocycles. The van der Waals surface area contributed by atoms with Crippen molar-refractivity contribution in [3.05, 3.63) is 75.8 Å². The predicted molar refractivity (Wildman–Crippen MR) is 108 cm³/mol. The molecule has 2 amide bonds. The van der Waals surface area contributed by atoms with Crippen molar-refractivity contribution in [3.8, 4) is 5.69 Å². The number of aromatic nitrogens is 2. The van der Waals surface area contributed by atoms with Gasteiger partial charge >= 0.3 is 6.03 Å². The minimum atomic E-state index is -0.299. The van der Waals surface area contributed by atoms with Crippen LogP contribution in [0.15, 0.2) is 48.7 Å². The molecule has 28 heavy (non-hydrogen) atoms. The van der Waals surface area contributed by atoms with Crippen molar-refractivity contribution in [2.75, 3.05) is 11.4 Å². The third-order valence-corrected chi connectivity index (χ3v) is 5.05. The maximum atomic E-state index is 13.2. The first-order chi connectivity index (χ1) is 13.5. The minimum Gasteiger partial charge on any atom is -0.334 e. The number of amides is 2. The van der Waals surface area contributed by atoms with Crippen molar-refractivity contribution < 1.29 is 9.18 Å². The number of hydrogen-bond acceptors (Lipinski definition) is 2. The Morgan fingerprint density at radius 2 is 1.86 bits per heavy atom. The van der Waals surface area contributed by atoms with Gasteiger partial charge in [0.1, 0.15) is 5.82 Å². The van der Waals surface area contributed by atoms with Gasteiger partial charge in [-0.25, -0.2) is 13.9 Å². The summed E-state index contributed by atoms with van der Waals surface area (Å²) in [7, 11) is 0. The first kappa shape index (κ1) is 18.8. The molecule has 1 aliphatic rings. The summed E-state index contributed by atoms with van der Waals surface area (Å²) in [6, 6.07) is 11.1. The molecule has 1 aliphatic heterocycles. The van der Waals surface area contributed by atoms with Crippen LogP contribution in [-0.4, -0.2) is 22.4 Å². The number of halogens is 3. The molecule has 0 saturated carbocycles. The zero-order chi connectivity index (χ0) is 19.7. The van der Waals surface area contributed by atoms with E-state index in [0.717, 1.165) is 35.5 Å². The normalized spacial score (nSPS) is 13.3. The standard InChI is InChI=1S/C20H17Cl2FN4O/c21-14-8-13(9-15(22)10-14)11-24-20(28)26-7-1-2-18-19(26)12-25-27(18)17-5-3-16(23)4-6-17/h3-6,8-10,12H,1-2,7,11H2,(H,24,28). The van der Waals surface area contributed by atoms with Crippen molar-refractivity contribution >= 4 is 34.9 Å². The summed E-state index contributed by atoms with van der Waals surface area (Å²) >= 11 is 12.0. The number of benzene rings is 2. The molecule has 3 aromatic rings. The number of anilines is 1. The molecule has 0 fully saturated rings. The summed E-state index contributed by atoms with van der Waals surface area (Å²) in [6.45, 7) is 0.918. The summed E-state index contributed by atoms with van der Waals surface area (Å²) < 4.78 is 15.0. The molecule has 1 N–H and O–H groups in total. The van der Waals surface area contributed by atoms with Crippen LogP contribution in [0, 0.1) is 5.82 Å². The second-order valence-electron chi connectivity index (χ2n) is 6.56. The fourth-order valence-electron chi connectivity index (χ4n) is 3.35. The highest BCUT2D eigenvalue weighted by atomic mass is 35.5. The van der Waals surface area contributed by atoms with Gasteiger partial charge in [-0.1, -0.05) is 23.2 Å². The van der Waals surface area contributed by atoms with Crippen molar-refractivity contribution in [2.24, 2.45) is 0 Å². The predicted octanol–water partition coefficient (Wildman–Crippen LogP) is 4.98. The largest absolute Gasteiger partial charge is 0.334 e. The van der Waals surface area contributed by atoms with E-state index in [-0.39, 0.29) is 11.8 Å². The SMILES string of the molecule is O=C(NCc1cc(Cl)cc(Cl)c1)N1CCCc2c1cnn2-c1ccc(F)cc1. The van der Waals surface area contributed by atoms with Crippen LogP contribution in [0.2, 0.25) is 10.0 Å². The van der Waals surface area contributed by atoms with Gasteiger partial charge in [0.2, 0.25) is 0 Å². The molecule has 0 saturated heterocycles. The van der Waals surface area contributed by atoms with E-state index < -0.39 is 0 Å². The molecular formula is C20H17Cl2FN4O. The maximum Gasteiger partial charge on any atom is 0.322 e. The number of carbonyl (C=O) groups excluding carboxylic acids is 1. The Labute approximate surface area is 171 Å². The minimum absolute atomic E-state index is 0.212. The van der Waals surface area contributed by atoms with Gasteiger partial charge < -0.3 is 5.32 Å². The molecule has 2 aromatic carbocycles. The first-order valence-corrected chi connectivity index (χ1v) is 9.60. The number of urea groups is 1. The van der Waals surface area contributed by atoms with E-state index in [9.17, 15) is 9.18 Å². The van der Waals surface area contributed by atoms with Crippen LogP contribution in [0.3, 0.4) is 0 Å². The molecule has 1 aromatic heterocycles. The molecule has 0 atom stereocenters. The van der Waals surface area contributed by atoms with E-state index in [1.54, 1.807) is 46.1 Å². The number of rotatable bonds is 3. The van der Waals surface area contributed by atoms with Crippen LogP contribution in [0.4, 0.5) is 14.9 Å². The lowest BCUT2D eigenvalue weighted by molar-refractivity contribution is 0.245. The third kappa shape index (κ3) is 3.84. The van der Waals surface area contributed by atoms with Gasteiger partial charge in [0, 0.05) is 23.1 Å². The van der Waals surface area contributed by atoms with Gasteiger partial charge in [-0.3, -0.25) is 4.90 Å². The molecule has 144 valence electrons. The van der Waals surface area contributed by atoms with Gasteiger partial charge in [-0.05, 0) is 60.9 Å². The highest BCUT2D eigenvalue weighted by Gasteiger charge is 2.26. The smallest absolute Gasteiger partial charge is 0.322 e. The van der Waals surface area contributed by atoms with Gasteiger partial charge in [0.15, 0.2) is 0 Å². The molecular weight excluding hydrogens is 402 g/mol. The van der Waals surface area contributed by atoms with Crippen LogP contribution in [0.1, 0.15) is 17.7 Å². The summed E-state index contributed by atoms with van der Waals surface area (Å²) in [4.78, 5) is 14.4. The van der Waals surface area contributed by atoms with Crippen LogP contribution < -0.4 is 10.2 Å². The van der Waals surface area contributed by atoms with Crippen molar-refractivity contribution in [3.63, 3.8) is 0 Å². The lowest BCUT2D eigenvalue weighted by Gasteiger charge is -2.27. The van der Waals surface area contributed by atoms with E-state index in [1.807, 2.05) is 0 Å². The number of fused-ring (bicyclic) bond motifs is 1. The number of nitrogens with zero attached hydrogens (tertiary/aromatic N) is 3. The fraction of sp³-hybridized carbons (Fsp3) is 0.200. The zero-order valence-electron chi connectivity index (χ0n) is 14.8. The Morgan fingerprint density at radius 1 is 1.14 bits per heavy atom. The average Bonchev–Trinajstić information content (AvgIpc) is 3.10. The lowest BCUT2D eigenvalue weighted by atomic mass is 10.1. The third-order valence-electron chi connectivity index (χ3n) is 4.62. The Morgan fingerprint density at radius 3 is 2.57 bits per heavy atom. The van der Waals surface area contributed by atoms with Crippen LogP contribution in [-0.2, 0) is 13.0 Å². The number of hydrogen-bond donors (Lipinski definition) is 1. The van der Waals surface area contributed by atoms with Gasteiger partial charge in [0.05, 0.1) is 23.3 Å². The van der Waals surface area contributed by atoms with Gasteiger partial charge in [0.25, 0.3) is 0 Å². The maximum absolute atomic E-state index is 13.2. The first-order valence-electron chi connectivity index (χ1n) is 8.84. The summed E-state index contributed by atoms with van der Waals surface area (Å²) in [5.41, 5.74) is 3.28. The highest BCUT2D eigenvalue weighted by Crippen LogP contribution is 2.29. The molecule has 0 aliphatic carbocycles. The monoisotopic (exact) mass is 418 g/mol. The Bertz CT molecular complexity index is 999. The van der Waals surface area contributed by atoms with E-state index in [2.05, 4.69) is 10.4 Å². The van der Waals surface area contributed by atoms with E-state index in [0.29, 0.717) is 23.1 Å². The number of carbonyl (C=O) groups is 1. The number of nitrogens with one attached hydrogen (secondary N) is 1. The van der Waals surface area contributed by atoms with E-state index in [1.165, 1.54) is 12.1 Å². The van der Waals surface area contributed by atoms with Crippen molar-refractivity contribution in [1.29, 1.82) is 0 Å². The molecule has 5 nitrogen and oxygen atoms in total. The van der Waals surface area contributed by atoms with Crippen molar-refractivity contribution in [2.45, 2.75) is 19.4 Å². The van der Waals surface area contributed by atoms with Gasteiger partial charge in [-0.2, -0.15) is 5.10 Å². The van der Waals surface area contributed by atoms with E-state index >= 15 is 0 Å². The quantitative estimate of drug-likeness (QED) is 0.651. The van der Waals surface area contributed by atoms with Crippen molar-refractivity contribution in [1.82, 2.24) is 15.1 Å². The van der Waals surface area contributed by atoms with Gasteiger partial charge in [-0.15, -0.1) is 0 Å². The molecule has 0 radical (unpaired) electrons. The Kier molecular flexibility index (Phi) is 5.24. The molecule has 0 unspecified atom stereocenters. The fourth-order valence-corrected chi connectivity index (χ4v) is 3.92. The molecule has 8 heteroatoms. The molecule has 0 bridgehead atoms. The van der Waals surface area contributed by atoms with Crippen LogP contribution >= 0.6 is 23.2 Å². The molecule has 0 spiro atoms. The highest BCUT2D eigenvalue weighted by molar-refractivity contribution is 6.34.